The fraction of sp³-hybridized carbons (Fsp3) is 0.429. The second-order valence-electron chi connectivity index (χ2n) is 4.12. The van der Waals surface area contributed by atoms with Crippen LogP contribution in [0.15, 0.2) is 30.0 Å². The standard InChI is InChI=1S/C14H18N/c1-2-3-4-5-9-13-11-12-8-6-7-10-14(12)15-13/h6-8,10-11H,2-5,9H2,1H3. The Kier molecular flexibility index (Phi) is 3.44. The van der Waals surface area contributed by atoms with Crippen LogP contribution in [0.4, 0.5) is 5.69 Å². The van der Waals surface area contributed by atoms with Gasteiger partial charge in [-0.3, -0.25) is 5.32 Å². The minimum atomic E-state index is 1.13. The van der Waals surface area contributed by atoms with Gasteiger partial charge in [0.2, 0.25) is 0 Å². The van der Waals surface area contributed by atoms with E-state index in [1.54, 1.807) is 0 Å². The van der Waals surface area contributed by atoms with Crippen molar-refractivity contribution in [2.45, 2.75) is 39.0 Å². The molecule has 1 heterocycles. The topological polar surface area (TPSA) is 14.1 Å². The maximum Gasteiger partial charge on any atom is 0.0705 e. The van der Waals surface area contributed by atoms with Crippen LogP contribution in [0.25, 0.3) is 6.08 Å². The second kappa shape index (κ2) is 5.01. The largest absolute Gasteiger partial charge is 0.253 e. The molecule has 0 unspecified atom stereocenters. The van der Waals surface area contributed by atoms with Gasteiger partial charge in [-0.05, 0) is 25.0 Å². The van der Waals surface area contributed by atoms with E-state index in [2.05, 4.69) is 42.6 Å². The Morgan fingerprint density at radius 3 is 2.73 bits per heavy atom. The number of unbranched alkanes of at least 4 members (excludes halogenated alkanes) is 3. The quantitative estimate of drug-likeness (QED) is 0.631. The predicted molar refractivity (Wildman–Crippen MR) is 65.0 cm³/mol. The summed E-state index contributed by atoms with van der Waals surface area (Å²) in [6.07, 6.45) is 8.61. The molecule has 1 aliphatic rings. The van der Waals surface area contributed by atoms with E-state index in [-0.39, 0.29) is 0 Å². The molecule has 1 aromatic rings. The van der Waals surface area contributed by atoms with Gasteiger partial charge in [0.1, 0.15) is 0 Å². The molecule has 1 aliphatic heterocycles. The lowest BCUT2D eigenvalue weighted by Crippen LogP contribution is -1.92. The summed E-state index contributed by atoms with van der Waals surface area (Å²) in [6.45, 7) is 2.25. The highest BCUT2D eigenvalue weighted by Crippen LogP contribution is 2.28. The average Bonchev–Trinajstić information content (AvgIpc) is 2.67. The highest BCUT2D eigenvalue weighted by molar-refractivity contribution is 5.71. The molecule has 1 aromatic carbocycles. The molecule has 0 N–H and O–H groups in total. The lowest BCUT2D eigenvalue weighted by Gasteiger charge is -2.01. The van der Waals surface area contributed by atoms with Crippen molar-refractivity contribution >= 4 is 11.8 Å². The second-order valence-corrected chi connectivity index (χ2v) is 4.12. The SMILES string of the molecule is CCCCCCC1=Cc2ccccc2[N]1. The van der Waals surface area contributed by atoms with E-state index in [1.807, 2.05) is 0 Å². The Labute approximate surface area is 92.2 Å². The van der Waals surface area contributed by atoms with Crippen LogP contribution in [0.3, 0.4) is 0 Å². The van der Waals surface area contributed by atoms with Gasteiger partial charge in [-0.2, -0.15) is 0 Å². The van der Waals surface area contributed by atoms with Gasteiger partial charge >= 0.3 is 0 Å². The number of benzene rings is 1. The molecule has 2 rings (SSSR count). The molecule has 0 bridgehead atoms. The normalized spacial score (nSPS) is 13.3. The molecule has 1 nitrogen and oxygen atoms in total. The predicted octanol–water partition coefficient (Wildman–Crippen LogP) is 4.25. The monoisotopic (exact) mass is 200 g/mol. The van der Waals surface area contributed by atoms with Crippen molar-refractivity contribution in [1.82, 2.24) is 5.32 Å². The third kappa shape index (κ3) is 2.62. The maximum atomic E-state index is 4.61. The Balaban J connectivity index is 1.83. The zero-order valence-corrected chi connectivity index (χ0v) is 9.37. The van der Waals surface area contributed by atoms with Crippen LogP contribution in [0.1, 0.15) is 44.6 Å². The molecule has 0 aliphatic carbocycles. The van der Waals surface area contributed by atoms with Gasteiger partial charge < -0.3 is 0 Å². The molecule has 15 heavy (non-hydrogen) atoms. The molecule has 0 saturated heterocycles. The summed E-state index contributed by atoms with van der Waals surface area (Å²) in [5.41, 5.74) is 3.68. The van der Waals surface area contributed by atoms with Gasteiger partial charge in [-0.1, -0.05) is 44.4 Å². The van der Waals surface area contributed by atoms with Crippen LogP contribution >= 0.6 is 0 Å². The number of para-hydroxylation sites is 1. The first-order valence-electron chi connectivity index (χ1n) is 5.91. The molecule has 0 atom stereocenters. The molecule has 0 fully saturated rings. The fourth-order valence-corrected chi connectivity index (χ4v) is 1.94. The summed E-state index contributed by atoms with van der Waals surface area (Å²) in [5.74, 6) is 0. The van der Waals surface area contributed by atoms with Crippen LogP contribution in [0.5, 0.6) is 0 Å². The van der Waals surface area contributed by atoms with Crippen molar-refractivity contribution in [3.63, 3.8) is 0 Å². The Bertz CT molecular complexity index is 352. The van der Waals surface area contributed by atoms with Gasteiger partial charge in [0.25, 0.3) is 0 Å². The summed E-state index contributed by atoms with van der Waals surface area (Å²) in [6, 6.07) is 8.35. The van der Waals surface area contributed by atoms with E-state index in [9.17, 15) is 0 Å². The van der Waals surface area contributed by atoms with Crippen molar-refractivity contribution in [2.24, 2.45) is 0 Å². The van der Waals surface area contributed by atoms with Crippen molar-refractivity contribution in [2.75, 3.05) is 0 Å². The summed E-state index contributed by atoms with van der Waals surface area (Å²) in [7, 11) is 0. The molecule has 0 amide bonds. The number of nitrogens with zero attached hydrogens (tertiary/aromatic N) is 1. The summed E-state index contributed by atoms with van der Waals surface area (Å²) in [5, 5.41) is 4.61. The number of rotatable bonds is 5. The van der Waals surface area contributed by atoms with E-state index in [0.29, 0.717) is 0 Å². The summed E-state index contributed by atoms with van der Waals surface area (Å²) >= 11 is 0. The Hall–Kier alpha value is -1.24. The average molecular weight is 200 g/mol. The first-order chi connectivity index (χ1) is 7.40. The lowest BCUT2D eigenvalue weighted by atomic mass is 10.1. The first kappa shape index (κ1) is 10.3. The van der Waals surface area contributed by atoms with Crippen molar-refractivity contribution in [3.8, 4) is 0 Å². The smallest absolute Gasteiger partial charge is 0.0705 e. The van der Waals surface area contributed by atoms with Crippen molar-refractivity contribution < 1.29 is 0 Å². The molecule has 0 saturated carbocycles. The highest BCUT2D eigenvalue weighted by Gasteiger charge is 2.11. The number of hydrogen-bond acceptors (Lipinski definition) is 0. The molecular weight excluding hydrogens is 182 g/mol. The van der Waals surface area contributed by atoms with Crippen LogP contribution < -0.4 is 5.32 Å². The molecule has 1 heteroatoms. The number of hydrogen-bond donors (Lipinski definition) is 0. The summed E-state index contributed by atoms with van der Waals surface area (Å²) < 4.78 is 0. The Morgan fingerprint density at radius 1 is 1.07 bits per heavy atom. The molecule has 1 radical (unpaired) electrons. The minimum absolute atomic E-state index is 1.13. The van der Waals surface area contributed by atoms with E-state index < -0.39 is 0 Å². The van der Waals surface area contributed by atoms with Gasteiger partial charge in [-0.15, -0.1) is 0 Å². The van der Waals surface area contributed by atoms with Crippen LogP contribution in [0, 0.1) is 0 Å². The zero-order valence-electron chi connectivity index (χ0n) is 9.37. The van der Waals surface area contributed by atoms with Crippen molar-refractivity contribution in [1.29, 1.82) is 0 Å². The van der Waals surface area contributed by atoms with E-state index in [4.69, 9.17) is 0 Å². The third-order valence-corrected chi connectivity index (χ3v) is 2.81. The van der Waals surface area contributed by atoms with Crippen LogP contribution in [0.2, 0.25) is 0 Å². The maximum absolute atomic E-state index is 4.61. The number of fused-ring (bicyclic) bond motifs is 1. The molecule has 0 aromatic heterocycles. The number of allylic oxidation sites excluding steroid dienone is 1. The van der Waals surface area contributed by atoms with Gasteiger partial charge in [0.05, 0.1) is 5.69 Å². The fourth-order valence-electron chi connectivity index (χ4n) is 1.94. The van der Waals surface area contributed by atoms with E-state index in [0.717, 1.165) is 12.1 Å². The van der Waals surface area contributed by atoms with E-state index in [1.165, 1.54) is 36.9 Å². The van der Waals surface area contributed by atoms with E-state index >= 15 is 0 Å². The Morgan fingerprint density at radius 2 is 1.93 bits per heavy atom. The van der Waals surface area contributed by atoms with Gasteiger partial charge in [-0.25, -0.2) is 0 Å². The molecule has 79 valence electrons. The lowest BCUT2D eigenvalue weighted by molar-refractivity contribution is 0.656. The summed E-state index contributed by atoms with van der Waals surface area (Å²) in [4.78, 5) is 0. The highest BCUT2D eigenvalue weighted by atomic mass is 14.9. The molecule has 0 spiro atoms. The van der Waals surface area contributed by atoms with Crippen LogP contribution in [-0.2, 0) is 0 Å². The zero-order chi connectivity index (χ0) is 10.5. The van der Waals surface area contributed by atoms with Gasteiger partial charge in [0.15, 0.2) is 0 Å². The van der Waals surface area contributed by atoms with Crippen LogP contribution in [-0.4, -0.2) is 0 Å². The van der Waals surface area contributed by atoms with Gasteiger partial charge in [0, 0.05) is 11.3 Å². The molecular formula is C14H18N. The first-order valence-corrected chi connectivity index (χ1v) is 5.91. The third-order valence-electron chi connectivity index (χ3n) is 2.81. The van der Waals surface area contributed by atoms with Crippen molar-refractivity contribution in [3.05, 3.63) is 35.5 Å². The minimum Gasteiger partial charge on any atom is -0.253 e.